The molecule has 38 heavy (non-hydrogen) atoms. The molecule has 0 atom stereocenters. The van der Waals surface area contributed by atoms with Gasteiger partial charge in [0.15, 0.2) is 11.5 Å². The molecule has 0 unspecified atom stereocenters. The summed E-state index contributed by atoms with van der Waals surface area (Å²) in [5, 5.41) is 2.58. The molecule has 0 fully saturated rings. The second kappa shape index (κ2) is 11.2. The molecule has 202 valence electrons. The van der Waals surface area contributed by atoms with Gasteiger partial charge < -0.3 is 20.5 Å². The number of methoxy groups -OCH3 is 1. The van der Waals surface area contributed by atoms with Gasteiger partial charge in [0, 0.05) is 31.3 Å². The summed E-state index contributed by atoms with van der Waals surface area (Å²) in [6.07, 6.45) is 0.676. The van der Waals surface area contributed by atoms with Crippen molar-refractivity contribution in [2.45, 2.75) is 54.1 Å². The second-order valence-corrected chi connectivity index (χ2v) is 10.2. The number of amides is 2. The molecule has 3 aromatic rings. The molecule has 0 saturated heterocycles. The van der Waals surface area contributed by atoms with Crippen LogP contribution < -0.4 is 31.7 Å². The molecule has 0 aliphatic carbocycles. The van der Waals surface area contributed by atoms with E-state index in [2.05, 4.69) is 38.2 Å². The van der Waals surface area contributed by atoms with Gasteiger partial charge in [-0.2, -0.15) is 0 Å². The summed E-state index contributed by atoms with van der Waals surface area (Å²) < 4.78 is 15.1. The first kappa shape index (κ1) is 27.0. The van der Waals surface area contributed by atoms with Crippen molar-refractivity contribution in [2.24, 2.45) is 16.6 Å². The summed E-state index contributed by atoms with van der Waals surface area (Å²) in [6.45, 7) is 11.8. The number of carbonyl (C=O) groups excluding carboxylic acids is 1. The molecule has 1 aliphatic rings. The van der Waals surface area contributed by atoms with E-state index in [4.69, 9.17) is 20.2 Å². The van der Waals surface area contributed by atoms with Gasteiger partial charge in [-0.3, -0.25) is 9.13 Å². The van der Waals surface area contributed by atoms with Crippen LogP contribution in [0.4, 0.5) is 10.5 Å². The minimum absolute atomic E-state index is 0.193. The third-order valence-corrected chi connectivity index (χ3v) is 6.63. The third kappa shape index (κ3) is 5.61. The Morgan fingerprint density at radius 3 is 2.45 bits per heavy atom. The van der Waals surface area contributed by atoms with E-state index in [1.807, 2.05) is 32.0 Å². The number of nitrogens with one attached hydrogen (secondary N) is 1. The van der Waals surface area contributed by atoms with Crippen LogP contribution in [0.3, 0.4) is 0 Å². The molecular formula is C29H37N5O4. The summed E-state index contributed by atoms with van der Waals surface area (Å²) in [5.41, 5.74) is 12.4. The fourth-order valence-electron chi connectivity index (χ4n) is 4.93. The van der Waals surface area contributed by atoms with E-state index in [1.165, 1.54) is 0 Å². The smallest absolute Gasteiger partial charge is 0.330 e. The predicted octanol–water partition coefficient (Wildman–Crippen LogP) is 3.74. The number of benzene rings is 2. The van der Waals surface area contributed by atoms with E-state index in [0.29, 0.717) is 42.5 Å². The van der Waals surface area contributed by atoms with Crippen molar-refractivity contribution in [1.82, 2.24) is 14.5 Å². The number of nitrogens with two attached hydrogens (primary N) is 1. The number of fused-ring (bicyclic) bond motifs is 3. The molecule has 4 rings (SSSR count). The van der Waals surface area contributed by atoms with Gasteiger partial charge in [-0.1, -0.05) is 31.5 Å². The molecule has 2 heterocycles. The number of urea groups is 1. The van der Waals surface area contributed by atoms with Crippen LogP contribution in [0.5, 0.6) is 11.5 Å². The van der Waals surface area contributed by atoms with Crippen molar-refractivity contribution >= 4 is 11.7 Å². The number of hydrogen-bond acceptors (Lipinski definition) is 5. The lowest BCUT2D eigenvalue weighted by Gasteiger charge is -2.25. The number of aromatic nitrogens is 2. The van der Waals surface area contributed by atoms with Crippen LogP contribution in [-0.2, 0) is 19.5 Å². The average Bonchev–Trinajstić information content (AvgIpc) is 2.85. The maximum absolute atomic E-state index is 13.8. The van der Waals surface area contributed by atoms with Crippen LogP contribution in [0, 0.1) is 26.7 Å². The first-order valence-corrected chi connectivity index (χ1v) is 12.9. The first-order chi connectivity index (χ1) is 18.1. The zero-order chi connectivity index (χ0) is 27.6. The summed E-state index contributed by atoms with van der Waals surface area (Å²) in [6, 6.07) is 9.44. The molecule has 0 bridgehead atoms. The van der Waals surface area contributed by atoms with Crippen LogP contribution in [0.1, 0.15) is 36.1 Å². The zero-order valence-electron chi connectivity index (χ0n) is 23.1. The van der Waals surface area contributed by atoms with E-state index in [1.54, 1.807) is 16.2 Å². The van der Waals surface area contributed by atoms with Crippen LogP contribution in [0.25, 0.3) is 11.3 Å². The third-order valence-electron chi connectivity index (χ3n) is 6.63. The maximum atomic E-state index is 13.8. The molecule has 2 aromatic carbocycles. The number of nitrogens with zero attached hydrogens (tertiary/aromatic N) is 3. The number of primary amides is 1. The molecule has 2 amide bonds. The normalized spacial score (nSPS) is 12.8. The van der Waals surface area contributed by atoms with Crippen molar-refractivity contribution in [3.05, 3.63) is 68.6 Å². The van der Waals surface area contributed by atoms with Gasteiger partial charge in [0.2, 0.25) is 0 Å². The van der Waals surface area contributed by atoms with Crippen molar-refractivity contribution in [3.8, 4) is 22.8 Å². The Kier molecular flexibility index (Phi) is 7.94. The first-order valence-electron chi connectivity index (χ1n) is 12.9. The van der Waals surface area contributed by atoms with Crippen molar-refractivity contribution < 1.29 is 14.3 Å². The summed E-state index contributed by atoms with van der Waals surface area (Å²) in [5.74, 6) is 1.68. The van der Waals surface area contributed by atoms with Crippen LogP contribution in [0.15, 0.2) is 40.1 Å². The van der Waals surface area contributed by atoms with Crippen LogP contribution >= 0.6 is 0 Å². The average molecular weight is 520 g/mol. The molecule has 1 aromatic heterocycles. The van der Waals surface area contributed by atoms with E-state index >= 15 is 0 Å². The largest absolute Gasteiger partial charge is 0.493 e. The highest BCUT2D eigenvalue weighted by Gasteiger charge is 2.23. The topological polar surface area (TPSA) is 113 Å². The number of hydrogen-bond donors (Lipinski definition) is 2. The zero-order valence-corrected chi connectivity index (χ0v) is 23.1. The van der Waals surface area contributed by atoms with Gasteiger partial charge in [0.25, 0.3) is 0 Å². The Bertz CT molecular complexity index is 1480. The minimum Gasteiger partial charge on any atom is -0.493 e. The highest BCUT2D eigenvalue weighted by molar-refractivity contribution is 5.71. The van der Waals surface area contributed by atoms with Gasteiger partial charge in [-0.15, -0.1) is 0 Å². The van der Waals surface area contributed by atoms with Crippen molar-refractivity contribution in [1.29, 1.82) is 0 Å². The molecular weight excluding hydrogens is 482 g/mol. The maximum Gasteiger partial charge on any atom is 0.330 e. The summed E-state index contributed by atoms with van der Waals surface area (Å²) in [7, 11) is 1.64. The van der Waals surface area contributed by atoms with Gasteiger partial charge in [0.05, 0.1) is 25.1 Å². The lowest BCUT2D eigenvalue weighted by molar-refractivity contribution is 0.248. The van der Waals surface area contributed by atoms with E-state index in [-0.39, 0.29) is 18.8 Å². The Morgan fingerprint density at radius 2 is 1.82 bits per heavy atom. The number of carbonyl (C=O) groups is 1. The number of aryl methyl sites for hydroxylation is 4. The Morgan fingerprint density at radius 1 is 1.11 bits per heavy atom. The SMILES string of the molecule is COc1cc2c(cc1OCC(C)C)-c1cc(=Nc3c(C)cc(C)cc3C)n(CCNC(N)=O)c(=O)n1CC2. The Balaban J connectivity index is 1.94. The molecule has 0 spiro atoms. The van der Waals surface area contributed by atoms with Gasteiger partial charge in [0.1, 0.15) is 5.49 Å². The Hall–Kier alpha value is -4.01. The van der Waals surface area contributed by atoms with Crippen molar-refractivity contribution in [3.63, 3.8) is 0 Å². The minimum atomic E-state index is -0.635. The highest BCUT2D eigenvalue weighted by atomic mass is 16.5. The van der Waals surface area contributed by atoms with Crippen LogP contribution in [-0.4, -0.2) is 35.4 Å². The predicted molar refractivity (Wildman–Crippen MR) is 148 cm³/mol. The van der Waals surface area contributed by atoms with Gasteiger partial charge in [-0.25, -0.2) is 14.6 Å². The van der Waals surface area contributed by atoms with Crippen molar-refractivity contribution in [2.75, 3.05) is 20.3 Å². The van der Waals surface area contributed by atoms with Crippen LogP contribution in [0.2, 0.25) is 0 Å². The standard InChI is InChI=1S/C29H37N5O4/c1-17(2)16-38-25-14-22-21(13-24(25)37-6)7-9-33-23(22)15-26(34(29(33)36)10-8-31-28(30)35)32-27-19(4)11-18(3)12-20(27)5/h11-15,17H,7-10,16H2,1-6H3,(H3,30,31,35). The molecule has 0 radical (unpaired) electrons. The summed E-state index contributed by atoms with van der Waals surface area (Å²) >= 11 is 0. The number of rotatable bonds is 8. The number of ether oxygens (including phenoxy) is 2. The molecule has 3 N–H and O–H groups in total. The monoisotopic (exact) mass is 519 g/mol. The quantitative estimate of drug-likeness (QED) is 0.472. The molecule has 9 heteroatoms. The summed E-state index contributed by atoms with van der Waals surface area (Å²) in [4.78, 5) is 30.1. The second-order valence-electron chi connectivity index (χ2n) is 10.2. The Labute approximate surface area is 222 Å². The lowest BCUT2D eigenvalue weighted by Crippen LogP contribution is -2.44. The van der Waals surface area contributed by atoms with Gasteiger partial charge in [-0.05, 0) is 61.9 Å². The molecule has 1 aliphatic heterocycles. The molecule has 0 saturated carbocycles. The van der Waals surface area contributed by atoms with E-state index in [0.717, 1.165) is 39.2 Å². The van der Waals surface area contributed by atoms with E-state index < -0.39 is 6.03 Å². The fourth-order valence-corrected chi connectivity index (χ4v) is 4.93. The fraction of sp³-hybridized carbons (Fsp3) is 0.414. The lowest BCUT2D eigenvalue weighted by atomic mass is 9.97. The van der Waals surface area contributed by atoms with E-state index in [9.17, 15) is 9.59 Å². The van der Waals surface area contributed by atoms with Gasteiger partial charge >= 0.3 is 11.7 Å². The highest BCUT2D eigenvalue weighted by Crippen LogP contribution is 2.38. The molecule has 9 nitrogen and oxygen atoms in total.